The third-order valence-electron chi connectivity index (χ3n) is 10.8. The van der Waals surface area contributed by atoms with Gasteiger partial charge in [-0.2, -0.15) is 0 Å². The Bertz CT molecular complexity index is 2210. The third kappa shape index (κ3) is 10.3. The Balaban J connectivity index is 1.29. The number of hydrogen-bond acceptors (Lipinski definition) is 5. The van der Waals surface area contributed by atoms with Crippen molar-refractivity contribution in [3.63, 3.8) is 0 Å². The van der Waals surface area contributed by atoms with Crippen molar-refractivity contribution < 1.29 is 23.7 Å². The first kappa shape index (κ1) is 40.4. The molecule has 0 bridgehead atoms. The first-order chi connectivity index (χ1) is 29.3. The quantitative estimate of drug-likeness (QED) is 0.0860. The average molecular weight is 799 g/mol. The predicted octanol–water partition coefficient (Wildman–Crippen LogP) is 9.52. The summed E-state index contributed by atoms with van der Waals surface area (Å²) in [6.45, 7) is -0.641. The lowest BCUT2D eigenvalue weighted by molar-refractivity contribution is -0.258. The molecule has 0 radical (unpaired) electrons. The van der Waals surface area contributed by atoms with Crippen LogP contribution < -0.4 is 15.9 Å². The van der Waals surface area contributed by atoms with Gasteiger partial charge in [-0.3, -0.25) is 0 Å². The van der Waals surface area contributed by atoms with Crippen LogP contribution in [0, 0.1) is 0 Å². The lowest BCUT2D eigenvalue weighted by atomic mass is 9.94. The molecule has 0 spiro atoms. The highest BCUT2D eigenvalue weighted by atomic mass is 31.2. The van der Waals surface area contributed by atoms with Gasteiger partial charge in [-0.15, -0.1) is 0 Å². The molecule has 1 aliphatic heterocycles. The standard InChI is InChI=1S/C53H51O5P/c1-8-22-42(23-9-1)36-54-40-49-51(55-37-43-24-10-2-11-25-43)53(57-39-45-28-14-4-15-29-45)52(56-38-44-26-12-3-13-27-44)50(58-49)41-59(46-30-16-5-17-31-46,47-32-18-6-19-33-47)48-34-20-7-21-35-48/h1-35,41,49-53H,36-40H2/t49?,50-,51+,52?,53?/m1/s1. The fraction of sp³-hybridized carbons (Fsp3) is 0.189. The van der Waals surface area contributed by atoms with Crippen molar-refractivity contribution >= 4 is 28.6 Å². The van der Waals surface area contributed by atoms with Crippen molar-refractivity contribution in [3.05, 3.63) is 235 Å². The van der Waals surface area contributed by atoms with E-state index in [4.69, 9.17) is 23.7 Å². The summed E-state index contributed by atoms with van der Waals surface area (Å²) in [5.41, 5.74) is 4.30. The molecule has 1 saturated heterocycles. The van der Waals surface area contributed by atoms with E-state index >= 15 is 0 Å². The predicted molar refractivity (Wildman–Crippen MR) is 241 cm³/mol. The Labute approximate surface area is 349 Å². The molecule has 0 aromatic heterocycles. The highest BCUT2D eigenvalue weighted by Crippen LogP contribution is 2.45. The summed E-state index contributed by atoms with van der Waals surface area (Å²) in [4.78, 5) is 0. The van der Waals surface area contributed by atoms with E-state index in [-0.39, 0.29) is 0 Å². The van der Waals surface area contributed by atoms with Gasteiger partial charge in [0.15, 0.2) is 0 Å². The molecule has 6 heteroatoms. The lowest BCUT2D eigenvalue weighted by Crippen LogP contribution is -2.62. The molecule has 0 amide bonds. The first-order valence-electron chi connectivity index (χ1n) is 20.4. The number of hydrogen-bond donors (Lipinski definition) is 0. The molecular weight excluding hydrogens is 748 g/mol. The van der Waals surface area contributed by atoms with Gasteiger partial charge in [0, 0.05) is 0 Å². The van der Waals surface area contributed by atoms with Crippen molar-refractivity contribution in [1.29, 1.82) is 0 Å². The third-order valence-corrected chi connectivity index (χ3v) is 14.9. The van der Waals surface area contributed by atoms with Crippen molar-refractivity contribution in [2.24, 2.45) is 0 Å². The zero-order valence-electron chi connectivity index (χ0n) is 33.2. The zero-order valence-corrected chi connectivity index (χ0v) is 34.1. The Morgan fingerprint density at radius 3 is 1.08 bits per heavy atom. The maximum atomic E-state index is 7.45. The van der Waals surface area contributed by atoms with Crippen LogP contribution >= 0.6 is 6.89 Å². The number of ether oxygens (including phenoxy) is 5. The summed E-state index contributed by atoms with van der Waals surface area (Å²) in [6, 6.07) is 73.7. The van der Waals surface area contributed by atoms with E-state index in [1.165, 1.54) is 15.9 Å². The Hall–Kier alpha value is -5.36. The summed E-state index contributed by atoms with van der Waals surface area (Å²) in [5.74, 6) is 2.46. The smallest absolute Gasteiger partial charge is 0.117 e. The molecule has 1 fully saturated rings. The Morgan fingerprint density at radius 1 is 0.373 bits per heavy atom. The SMILES string of the molecule is C([C@H]1OC(COCc2ccccc2)[C@H](OCc2ccccc2)C(OCc2ccccc2)C1OCc1ccccc1)=P(c1ccccc1)(c1ccccc1)c1ccccc1. The minimum absolute atomic E-state index is 0.294. The molecule has 7 aromatic carbocycles. The molecule has 59 heavy (non-hydrogen) atoms. The molecule has 1 heterocycles. The van der Waals surface area contributed by atoms with Crippen LogP contribution in [0.3, 0.4) is 0 Å². The van der Waals surface area contributed by atoms with Crippen LogP contribution in [0.15, 0.2) is 212 Å². The van der Waals surface area contributed by atoms with Gasteiger partial charge in [-0.1, -0.05) is 212 Å². The number of rotatable bonds is 17. The molecule has 0 aliphatic carbocycles. The fourth-order valence-electron chi connectivity index (χ4n) is 7.86. The first-order valence-corrected chi connectivity index (χ1v) is 22.3. The second kappa shape index (κ2) is 20.6. The van der Waals surface area contributed by atoms with Crippen LogP contribution in [-0.4, -0.2) is 42.9 Å². The largest absolute Gasteiger partial charge is 0.374 e. The van der Waals surface area contributed by atoms with Crippen molar-refractivity contribution in [2.45, 2.75) is 56.9 Å². The molecule has 7 aromatic rings. The van der Waals surface area contributed by atoms with Crippen LogP contribution in [0.2, 0.25) is 0 Å². The van der Waals surface area contributed by atoms with E-state index in [0.29, 0.717) is 33.0 Å². The molecule has 5 nitrogen and oxygen atoms in total. The molecule has 298 valence electrons. The minimum atomic E-state index is -2.51. The lowest BCUT2D eigenvalue weighted by Gasteiger charge is -2.46. The van der Waals surface area contributed by atoms with E-state index in [0.717, 1.165) is 22.3 Å². The summed E-state index contributed by atoms with van der Waals surface area (Å²) >= 11 is 0. The molecular formula is C53H51O5P. The van der Waals surface area contributed by atoms with Crippen LogP contribution in [0.25, 0.3) is 0 Å². The van der Waals surface area contributed by atoms with Crippen molar-refractivity contribution in [1.82, 2.24) is 0 Å². The van der Waals surface area contributed by atoms with Crippen LogP contribution in [-0.2, 0) is 50.1 Å². The fourth-order valence-corrected chi connectivity index (χ4v) is 11.9. The Morgan fingerprint density at radius 2 is 0.695 bits per heavy atom. The van der Waals surface area contributed by atoms with Crippen LogP contribution in [0.1, 0.15) is 22.3 Å². The second-order valence-corrected chi connectivity index (χ2v) is 18.1. The summed E-state index contributed by atoms with van der Waals surface area (Å²) in [7, 11) is 0. The normalized spacial score (nSPS) is 19.2. The molecule has 3 unspecified atom stereocenters. The maximum absolute atomic E-state index is 7.45. The van der Waals surface area contributed by atoms with Gasteiger partial charge < -0.3 is 23.7 Å². The van der Waals surface area contributed by atoms with Crippen molar-refractivity contribution in [3.8, 4) is 0 Å². The Kier molecular flexibility index (Phi) is 14.1. The van der Waals surface area contributed by atoms with E-state index in [9.17, 15) is 0 Å². The van der Waals surface area contributed by atoms with E-state index in [1.807, 2.05) is 72.8 Å². The molecule has 8 rings (SSSR count). The van der Waals surface area contributed by atoms with Gasteiger partial charge in [0.1, 0.15) is 30.5 Å². The summed E-state index contributed by atoms with van der Waals surface area (Å²) in [5, 5.41) is 3.68. The van der Waals surface area contributed by atoms with Gasteiger partial charge >= 0.3 is 0 Å². The van der Waals surface area contributed by atoms with E-state index in [2.05, 4.69) is 145 Å². The average Bonchev–Trinajstić information content (AvgIpc) is 3.31. The highest BCUT2D eigenvalue weighted by Gasteiger charge is 2.49. The van der Waals surface area contributed by atoms with Gasteiger partial charge in [0.2, 0.25) is 0 Å². The number of benzene rings is 7. The summed E-state index contributed by atoms with van der Waals surface area (Å²) < 4.78 is 35.3. The van der Waals surface area contributed by atoms with Crippen molar-refractivity contribution in [2.75, 3.05) is 6.61 Å². The van der Waals surface area contributed by atoms with Gasteiger partial charge in [0.05, 0.1) is 33.0 Å². The minimum Gasteiger partial charge on any atom is -0.374 e. The molecule has 0 saturated carbocycles. The van der Waals surface area contributed by atoms with Crippen LogP contribution in [0.4, 0.5) is 0 Å². The topological polar surface area (TPSA) is 46.2 Å². The van der Waals surface area contributed by atoms with Crippen LogP contribution in [0.5, 0.6) is 0 Å². The molecule has 0 N–H and O–H groups in total. The highest BCUT2D eigenvalue weighted by molar-refractivity contribution is 7.94. The monoisotopic (exact) mass is 798 g/mol. The molecule has 5 atom stereocenters. The second-order valence-electron chi connectivity index (χ2n) is 14.8. The van der Waals surface area contributed by atoms with Gasteiger partial charge in [-0.05, 0) is 50.8 Å². The van der Waals surface area contributed by atoms with E-state index < -0.39 is 37.4 Å². The van der Waals surface area contributed by atoms with Gasteiger partial charge in [0.25, 0.3) is 0 Å². The van der Waals surface area contributed by atoms with Gasteiger partial charge in [-0.25, -0.2) is 0 Å². The molecule has 1 aliphatic rings. The maximum Gasteiger partial charge on any atom is 0.117 e. The summed E-state index contributed by atoms with van der Waals surface area (Å²) in [6.07, 6.45) is -2.65. The van der Waals surface area contributed by atoms with E-state index in [1.54, 1.807) is 0 Å². The zero-order chi connectivity index (χ0) is 40.0.